The van der Waals surface area contributed by atoms with Gasteiger partial charge < -0.3 is 0 Å². The summed E-state index contributed by atoms with van der Waals surface area (Å²) >= 11 is 2.94. The van der Waals surface area contributed by atoms with E-state index in [1.165, 1.54) is 15.9 Å². The highest BCUT2D eigenvalue weighted by Crippen LogP contribution is 2.28. The second-order valence-electron chi connectivity index (χ2n) is 7.51. The van der Waals surface area contributed by atoms with Crippen LogP contribution in [0.25, 0.3) is 39.4 Å². The number of thiophene rings is 1. The first-order valence-corrected chi connectivity index (χ1v) is 12.3. The van der Waals surface area contributed by atoms with E-state index in [1.54, 1.807) is 11.3 Å². The number of benzene rings is 2. The predicted molar refractivity (Wildman–Crippen MR) is 138 cm³/mol. The summed E-state index contributed by atoms with van der Waals surface area (Å²) in [5.74, 6) is 0.509. The average Bonchev–Trinajstić information content (AvgIpc) is 3.66. The zero-order chi connectivity index (χ0) is 22.9. The van der Waals surface area contributed by atoms with Crippen molar-refractivity contribution < 1.29 is 0 Å². The van der Waals surface area contributed by atoms with E-state index >= 15 is 0 Å². The van der Waals surface area contributed by atoms with Gasteiger partial charge in [-0.2, -0.15) is 14.6 Å². The Morgan fingerprint density at radius 2 is 1.65 bits per heavy atom. The largest absolute Gasteiger partial charge is 0.291 e. The van der Waals surface area contributed by atoms with Crippen LogP contribution in [0.2, 0.25) is 0 Å². The van der Waals surface area contributed by atoms with Crippen LogP contribution in [0.4, 0.5) is 0 Å². The maximum Gasteiger partial charge on any atom is 0.291 e. The topological polar surface area (TPSA) is 65.1 Å². The van der Waals surface area contributed by atoms with Crippen molar-refractivity contribution in [2.75, 3.05) is 0 Å². The highest BCUT2D eigenvalue weighted by atomic mass is 32.1. The number of para-hydroxylation sites is 1. The van der Waals surface area contributed by atoms with Crippen molar-refractivity contribution in [2.24, 2.45) is 0 Å². The van der Waals surface area contributed by atoms with E-state index in [0.717, 1.165) is 27.4 Å². The summed E-state index contributed by atoms with van der Waals surface area (Å²) < 4.78 is 3.78. The normalized spacial score (nSPS) is 12.3. The molecule has 0 spiro atoms. The number of hydrogen-bond acceptors (Lipinski definition) is 6. The Hall–Kier alpha value is -4.14. The van der Waals surface area contributed by atoms with Crippen LogP contribution >= 0.6 is 22.7 Å². The Labute approximate surface area is 202 Å². The summed E-state index contributed by atoms with van der Waals surface area (Å²) in [6.45, 7) is 0. The van der Waals surface area contributed by atoms with Crippen LogP contribution in [-0.4, -0.2) is 24.4 Å². The molecule has 6 aromatic rings. The van der Waals surface area contributed by atoms with Crippen LogP contribution in [0.5, 0.6) is 0 Å². The first-order chi connectivity index (χ1) is 16.7. The standard InChI is InChI=1S/C26H17N5OS2/c32-25-22(34-26-27-23(28-31(25)26)14-13-18-8-3-1-4-9-18)16-19-17-30(20-10-5-2-6-11-20)29-24(19)21-12-7-15-33-21/h1-17H/b14-13+,22-16-. The summed E-state index contributed by atoms with van der Waals surface area (Å²) in [6.07, 6.45) is 7.58. The maximum absolute atomic E-state index is 13.1. The number of nitrogens with zero attached hydrogens (tertiary/aromatic N) is 5. The number of fused-ring (bicyclic) bond motifs is 1. The molecule has 0 bridgehead atoms. The Balaban J connectivity index is 1.41. The highest BCUT2D eigenvalue weighted by Gasteiger charge is 2.14. The van der Waals surface area contributed by atoms with Crippen molar-refractivity contribution in [3.05, 3.63) is 116 Å². The minimum atomic E-state index is -0.184. The molecule has 0 radical (unpaired) electrons. The van der Waals surface area contributed by atoms with Crippen molar-refractivity contribution in [1.82, 2.24) is 24.4 Å². The van der Waals surface area contributed by atoms with Crippen LogP contribution in [-0.2, 0) is 0 Å². The van der Waals surface area contributed by atoms with E-state index < -0.39 is 0 Å². The molecule has 4 aromatic heterocycles. The lowest BCUT2D eigenvalue weighted by Gasteiger charge is -1.99. The Kier molecular flexibility index (Phi) is 5.21. The molecule has 4 heterocycles. The molecule has 0 saturated heterocycles. The minimum Gasteiger partial charge on any atom is -0.266 e. The summed E-state index contributed by atoms with van der Waals surface area (Å²) in [6, 6.07) is 23.9. The molecule has 6 nitrogen and oxygen atoms in total. The van der Waals surface area contributed by atoms with Gasteiger partial charge in [0.05, 0.1) is 15.1 Å². The van der Waals surface area contributed by atoms with Gasteiger partial charge in [0.25, 0.3) is 5.56 Å². The van der Waals surface area contributed by atoms with Gasteiger partial charge >= 0.3 is 0 Å². The molecule has 0 amide bonds. The van der Waals surface area contributed by atoms with Crippen molar-refractivity contribution >= 4 is 45.9 Å². The van der Waals surface area contributed by atoms with Gasteiger partial charge in [0.1, 0.15) is 5.69 Å². The van der Waals surface area contributed by atoms with Gasteiger partial charge in [-0.15, -0.1) is 16.4 Å². The van der Waals surface area contributed by atoms with E-state index in [4.69, 9.17) is 5.10 Å². The number of thiazole rings is 1. The van der Waals surface area contributed by atoms with Crippen LogP contribution in [0.1, 0.15) is 17.0 Å². The second-order valence-corrected chi connectivity index (χ2v) is 9.47. The fraction of sp³-hybridized carbons (Fsp3) is 0. The number of aromatic nitrogens is 5. The van der Waals surface area contributed by atoms with Gasteiger partial charge in [-0.25, -0.2) is 4.68 Å². The van der Waals surface area contributed by atoms with Crippen molar-refractivity contribution in [2.45, 2.75) is 0 Å². The van der Waals surface area contributed by atoms with E-state index in [1.807, 2.05) is 107 Å². The SMILES string of the molecule is O=c1/c(=C/c2cn(-c3ccccc3)nc2-c2cccs2)sc2nc(/C=C/c3ccccc3)nn12. The quantitative estimate of drug-likeness (QED) is 0.357. The second kappa shape index (κ2) is 8.66. The Bertz CT molecular complexity index is 1710. The van der Waals surface area contributed by atoms with E-state index in [9.17, 15) is 4.79 Å². The van der Waals surface area contributed by atoms with Crippen molar-refractivity contribution in [3.63, 3.8) is 0 Å². The van der Waals surface area contributed by atoms with Crippen LogP contribution in [0.15, 0.2) is 89.2 Å². The molecule has 34 heavy (non-hydrogen) atoms. The third kappa shape index (κ3) is 3.89. The molecule has 2 aromatic carbocycles. The zero-order valence-corrected chi connectivity index (χ0v) is 19.4. The molecule has 0 unspecified atom stereocenters. The molecule has 0 aliphatic heterocycles. The third-order valence-corrected chi connectivity index (χ3v) is 7.06. The van der Waals surface area contributed by atoms with Crippen LogP contribution in [0.3, 0.4) is 0 Å². The minimum absolute atomic E-state index is 0.184. The molecule has 0 N–H and O–H groups in total. The van der Waals surface area contributed by atoms with Crippen LogP contribution in [0, 0.1) is 0 Å². The van der Waals surface area contributed by atoms with Crippen molar-refractivity contribution in [3.8, 4) is 16.3 Å². The lowest BCUT2D eigenvalue weighted by Crippen LogP contribution is -2.23. The molecular weight excluding hydrogens is 462 g/mol. The molecule has 164 valence electrons. The molecule has 0 fully saturated rings. The Morgan fingerprint density at radius 3 is 2.38 bits per heavy atom. The van der Waals surface area contributed by atoms with Gasteiger partial charge in [-0.3, -0.25) is 4.79 Å². The van der Waals surface area contributed by atoms with E-state index in [-0.39, 0.29) is 5.56 Å². The first kappa shape index (κ1) is 20.5. The maximum atomic E-state index is 13.1. The summed E-state index contributed by atoms with van der Waals surface area (Å²) in [5, 5.41) is 11.2. The summed E-state index contributed by atoms with van der Waals surface area (Å²) in [4.78, 5) is 19.2. The van der Waals surface area contributed by atoms with Gasteiger partial charge in [0, 0.05) is 11.8 Å². The lowest BCUT2D eigenvalue weighted by atomic mass is 10.2. The predicted octanol–water partition coefficient (Wildman–Crippen LogP) is 4.78. The Morgan fingerprint density at radius 1 is 0.853 bits per heavy atom. The summed E-state index contributed by atoms with van der Waals surface area (Å²) in [5.41, 5.74) is 3.53. The van der Waals surface area contributed by atoms with E-state index in [0.29, 0.717) is 15.3 Å². The van der Waals surface area contributed by atoms with Gasteiger partial charge in [-0.1, -0.05) is 72.0 Å². The molecule has 6 rings (SSSR count). The van der Waals surface area contributed by atoms with E-state index in [2.05, 4.69) is 10.1 Å². The average molecular weight is 480 g/mol. The molecule has 0 aliphatic carbocycles. The van der Waals surface area contributed by atoms with Crippen LogP contribution < -0.4 is 10.1 Å². The zero-order valence-electron chi connectivity index (χ0n) is 17.8. The molecule has 0 aliphatic rings. The highest BCUT2D eigenvalue weighted by molar-refractivity contribution is 7.15. The van der Waals surface area contributed by atoms with Crippen molar-refractivity contribution in [1.29, 1.82) is 0 Å². The molecule has 0 saturated carbocycles. The van der Waals surface area contributed by atoms with Gasteiger partial charge in [-0.05, 0) is 41.3 Å². The number of hydrogen-bond donors (Lipinski definition) is 0. The molecular formula is C26H17N5OS2. The monoisotopic (exact) mass is 479 g/mol. The molecule has 0 atom stereocenters. The fourth-order valence-corrected chi connectivity index (χ4v) is 5.24. The summed E-state index contributed by atoms with van der Waals surface area (Å²) in [7, 11) is 0. The lowest BCUT2D eigenvalue weighted by molar-refractivity contribution is 0.885. The molecule has 8 heteroatoms. The van der Waals surface area contributed by atoms with Gasteiger partial charge in [0.15, 0.2) is 5.82 Å². The fourth-order valence-electron chi connectivity index (χ4n) is 3.61. The smallest absolute Gasteiger partial charge is 0.266 e. The van der Waals surface area contributed by atoms with Gasteiger partial charge in [0.2, 0.25) is 4.96 Å². The first-order valence-electron chi connectivity index (χ1n) is 10.6. The number of rotatable bonds is 5. The third-order valence-electron chi connectivity index (χ3n) is 5.23.